The number of carbonyl (C=O) groups is 1. The molecule has 1 N–H and O–H groups in total. The number of hydrogen-bond donors (Lipinski definition) is 1. The number of carbonyl (C=O) groups excluding carboxylic acids is 1. The molecule has 0 saturated carbocycles. The molecule has 0 radical (unpaired) electrons. The van der Waals surface area contributed by atoms with E-state index in [1.54, 1.807) is 6.07 Å². The van der Waals surface area contributed by atoms with Gasteiger partial charge >= 0.3 is 18.0 Å². The maximum absolute atomic E-state index is 13.1. The fourth-order valence-corrected chi connectivity index (χ4v) is 3.71. The number of benzene rings is 1. The van der Waals surface area contributed by atoms with Crippen LogP contribution in [0.15, 0.2) is 39.9 Å². The van der Waals surface area contributed by atoms with E-state index < -0.39 is 40.8 Å². The molecular weight excluding hydrogens is 455 g/mol. The molecule has 0 aliphatic rings. The Kier molecular flexibility index (Phi) is 6.68. The molecule has 2 heterocycles. The third-order valence-corrected chi connectivity index (χ3v) is 5.40. The summed E-state index contributed by atoms with van der Waals surface area (Å²) < 4.78 is 49.4. The normalized spacial score (nSPS) is 13.2. The van der Waals surface area contributed by atoms with Crippen molar-refractivity contribution >= 4 is 17.0 Å². The molecule has 1 aromatic carbocycles. The molecule has 3 aromatic rings. The minimum atomic E-state index is -4.84. The number of nitrogens with one attached hydrogen (secondary N) is 1. The number of alkyl halides is 3. The molecule has 11 heteroatoms. The zero-order valence-electron chi connectivity index (χ0n) is 19.4. The van der Waals surface area contributed by atoms with Gasteiger partial charge in [0.05, 0.1) is 5.52 Å². The molecule has 0 aliphatic heterocycles. The van der Waals surface area contributed by atoms with Crippen LogP contribution in [0.2, 0.25) is 0 Å². The summed E-state index contributed by atoms with van der Waals surface area (Å²) in [5, 5.41) is 0. The van der Waals surface area contributed by atoms with Gasteiger partial charge < -0.3 is 14.5 Å². The van der Waals surface area contributed by atoms with Crippen LogP contribution in [-0.2, 0) is 23.1 Å². The van der Waals surface area contributed by atoms with Gasteiger partial charge in [-0.1, -0.05) is 32.9 Å². The fraction of sp³-hybridized carbons (Fsp3) is 0.435. The Labute approximate surface area is 192 Å². The summed E-state index contributed by atoms with van der Waals surface area (Å²) in [7, 11) is 1.49. The zero-order chi connectivity index (χ0) is 25.4. The SMILES string of the molecule is CC(=O)OC(CCn1c(=O)c2[nH]c(-c3cccc(OC(F)(F)F)c3)cc2n(C)c1=O)C(C)(C)C. The maximum atomic E-state index is 13.1. The van der Waals surface area contributed by atoms with Gasteiger partial charge in [-0.3, -0.25) is 18.7 Å². The Balaban J connectivity index is 2.01. The number of aromatic nitrogens is 3. The van der Waals surface area contributed by atoms with Crippen LogP contribution in [0.3, 0.4) is 0 Å². The maximum Gasteiger partial charge on any atom is 0.573 e. The van der Waals surface area contributed by atoms with Crippen molar-refractivity contribution in [3.8, 4) is 17.0 Å². The topological polar surface area (TPSA) is 95.3 Å². The highest BCUT2D eigenvalue weighted by atomic mass is 19.4. The molecule has 0 fully saturated rings. The van der Waals surface area contributed by atoms with Crippen LogP contribution in [0.4, 0.5) is 13.2 Å². The van der Waals surface area contributed by atoms with E-state index in [0.717, 1.165) is 10.6 Å². The van der Waals surface area contributed by atoms with Gasteiger partial charge in [0, 0.05) is 38.2 Å². The van der Waals surface area contributed by atoms with Gasteiger partial charge in [-0.25, -0.2) is 4.79 Å². The minimum absolute atomic E-state index is 0.0138. The average Bonchev–Trinajstić information content (AvgIpc) is 3.15. The molecule has 0 saturated heterocycles. The van der Waals surface area contributed by atoms with Gasteiger partial charge in [0.15, 0.2) is 0 Å². The van der Waals surface area contributed by atoms with Crippen LogP contribution < -0.4 is 16.0 Å². The van der Waals surface area contributed by atoms with Gasteiger partial charge in [0.1, 0.15) is 17.4 Å². The second kappa shape index (κ2) is 9.03. The summed E-state index contributed by atoms with van der Waals surface area (Å²) in [4.78, 5) is 40.4. The van der Waals surface area contributed by atoms with Gasteiger partial charge in [-0.05, 0) is 23.6 Å². The summed E-state index contributed by atoms with van der Waals surface area (Å²) in [5.41, 5.74) is -0.433. The van der Waals surface area contributed by atoms with Crippen LogP contribution in [0.1, 0.15) is 34.1 Å². The number of aromatic amines is 1. The van der Waals surface area contributed by atoms with E-state index in [-0.39, 0.29) is 18.5 Å². The van der Waals surface area contributed by atoms with E-state index in [9.17, 15) is 27.6 Å². The summed E-state index contributed by atoms with van der Waals surface area (Å²) in [6.45, 7) is 6.97. The van der Waals surface area contributed by atoms with Gasteiger partial charge in [-0.2, -0.15) is 0 Å². The van der Waals surface area contributed by atoms with E-state index in [4.69, 9.17) is 4.74 Å². The van der Waals surface area contributed by atoms with Crippen molar-refractivity contribution in [3.63, 3.8) is 0 Å². The lowest BCUT2D eigenvalue weighted by Gasteiger charge is -2.30. The van der Waals surface area contributed by atoms with Crippen LogP contribution in [0.5, 0.6) is 5.75 Å². The molecule has 8 nitrogen and oxygen atoms in total. The van der Waals surface area contributed by atoms with Gasteiger partial charge in [-0.15, -0.1) is 13.2 Å². The first-order valence-electron chi connectivity index (χ1n) is 10.5. The summed E-state index contributed by atoms with van der Waals surface area (Å²) in [6, 6.07) is 6.81. The summed E-state index contributed by atoms with van der Waals surface area (Å²) >= 11 is 0. The Bertz CT molecular complexity index is 1330. The van der Waals surface area contributed by atoms with Crippen LogP contribution in [-0.4, -0.2) is 32.6 Å². The zero-order valence-corrected chi connectivity index (χ0v) is 19.4. The number of nitrogens with zero attached hydrogens (tertiary/aromatic N) is 2. The predicted molar refractivity (Wildman–Crippen MR) is 120 cm³/mol. The highest BCUT2D eigenvalue weighted by Gasteiger charge is 2.31. The molecule has 34 heavy (non-hydrogen) atoms. The molecule has 1 unspecified atom stereocenters. The van der Waals surface area contributed by atoms with Gasteiger partial charge in [0.25, 0.3) is 5.56 Å². The minimum Gasteiger partial charge on any atom is -0.462 e. The van der Waals surface area contributed by atoms with E-state index in [0.29, 0.717) is 16.8 Å². The van der Waals surface area contributed by atoms with Crippen LogP contribution in [0.25, 0.3) is 22.3 Å². The second-order valence-corrected chi connectivity index (χ2v) is 9.07. The number of fused-ring (bicyclic) bond motifs is 1. The molecule has 1 atom stereocenters. The third kappa shape index (κ3) is 5.52. The Morgan fingerprint density at radius 2 is 1.82 bits per heavy atom. The van der Waals surface area contributed by atoms with Crippen molar-refractivity contribution in [2.45, 2.75) is 53.1 Å². The number of hydrogen-bond acceptors (Lipinski definition) is 5. The molecule has 3 rings (SSSR count). The van der Waals surface area contributed by atoms with Crippen LogP contribution in [0, 0.1) is 5.41 Å². The number of aryl methyl sites for hydroxylation is 1. The number of H-pyrrole nitrogens is 1. The number of esters is 1. The number of ether oxygens (including phenoxy) is 2. The van der Waals surface area contributed by atoms with Crippen molar-refractivity contribution in [1.82, 2.24) is 14.1 Å². The standard InChI is InChI=1S/C23H26F3N3O5/c1-13(30)33-18(22(2,3)4)9-10-29-20(31)19-17(28(5)21(29)32)12-16(27-19)14-7-6-8-15(11-14)34-23(24,25)26/h6-8,11-12,18,27H,9-10H2,1-5H3. The van der Waals surface area contributed by atoms with E-state index in [1.165, 1.54) is 36.7 Å². The second-order valence-electron chi connectivity index (χ2n) is 9.07. The number of rotatable bonds is 6. The quantitative estimate of drug-likeness (QED) is 0.538. The molecule has 184 valence electrons. The van der Waals surface area contributed by atoms with Gasteiger partial charge in [0.2, 0.25) is 0 Å². The molecular formula is C23H26F3N3O5. The lowest BCUT2D eigenvalue weighted by Crippen LogP contribution is -2.41. The van der Waals surface area contributed by atoms with Crippen molar-refractivity contribution in [2.24, 2.45) is 12.5 Å². The van der Waals surface area contributed by atoms with E-state index >= 15 is 0 Å². The van der Waals surface area contributed by atoms with Crippen molar-refractivity contribution < 1.29 is 27.4 Å². The molecule has 0 amide bonds. The Morgan fingerprint density at radius 3 is 2.41 bits per heavy atom. The first kappa shape index (κ1) is 25.1. The highest BCUT2D eigenvalue weighted by molar-refractivity contribution is 5.82. The first-order chi connectivity index (χ1) is 15.7. The Morgan fingerprint density at radius 1 is 1.15 bits per heavy atom. The molecule has 0 aliphatic carbocycles. The first-order valence-corrected chi connectivity index (χ1v) is 10.5. The molecule has 0 bridgehead atoms. The highest BCUT2D eigenvalue weighted by Crippen LogP contribution is 2.29. The Hall–Kier alpha value is -3.50. The summed E-state index contributed by atoms with van der Waals surface area (Å²) in [6.07, 6.45) is -5.12. The lowest BCUT2D eigenvalue weighted by atomic mass is 9.87. The molecule has 0 spiro atoms. The van der Waals surface area contributed by atoms with E-state index in [1.807, 2.05) is 20.8 Å². The smallest absolute Gasteiger partial charge is 0.462 e. The van der Waals surface area contributed by atoms with Crippen molar-refractivity contribution in [3.05, 3.63) is 51.2 Å². The third-order valence-electron chi connectivity index (χ3n) is 5.40. The van der Waals surface area contributed by atoms with Crippen molar-refractivity contribution in [1.29, 1.82) is 0 Å². The average molecular weight is 481 g/mol. The predicted octanol–water partition coefficient (Wildman–Crippen LogP) is 3.96. The monoisotopic (exact) mass is 481 g/mol. The lowest BCUT2D eigenvalue weighted by molar-refractivity contribution is -0.274. The molecule has 2 aromatic heterocycles. The fourth-order valence-electron chi connectivity index (χ4n) is 3.71. The van der Waals surface area contributed by atoms with Crippen LogP contribution >= 0.6 is 0 Å². The number of halogens is 3. The van der Waals surface area contributed by atoms with Crippen molar-refractivity contribution in [2.75, 3.05) is 0 Å². The largest absolute Gasteiger partial charge is 0.573 e. The van der Waals surface area contributed by atoms with E-state index in [2.05, 4.69) is 9.72 Å². The summed E-state index contributed by atoms with van der Waals surface area (Å²) in [5.74, 6) is -0.866.